The molecule has 3 rings (SSSR count). The lowest BCUT2D eigenvalue weighted by Gasteiger charge is -2.02. The van der Waals surface area contributed by atoms with Crippen LogP contribution >= 0.6 is 0 Å². The summed E-state index contributed by atoms with van der Waals surface area (Å²) in [5.74, 6) is 5.60. The third-order valence-corrected chi connectivity index (χ3v) is 3.19. The lowest BCUT2D eigenvalue weighted by Crippen LogP contribution is -2.12. The molecule has 0 radical (unpaired) electrons. The molecule has 0 aliphatic heterocycles. The Morgan fingerprint density at radius 2 is 1.70 bits per heavy atom. The first-order valence-electron chi connectivity index (χ1n) is 7.02. The molecule has 2 heterocycles. The minimum atomic E-state index is -0.536. The fraction of sp³-hybridized carbons (Fsp3) is 0. The molecule has 4 heteroatoms. The molecule has 2 aromatic heterocycles. The van der Waals surface area contributed by atoms with Crippen LogP contribution in [0.5, 0.6) is 0 Å². The first kappa shape index (κ1) is 14.5. The number of rotatable bonds is 2. The van der Waals surface area contributed by atoms with E-state index in [4.69, 9.17) is 5.73 Å². The van der Waals surface area contributed by atoms with Crippen molar-refractivity contribution in [2.45, 2.75) is 0 Å². The van der Waals surface area contributed by atoms with Gasteiger partial charge in [0.25, 0.3) is 5.91 Å². The zero-order valence-corrected chi connectivity index (χ0v) is 12.2. The van der Waals surface area contributed by atoms with Crippen molar-refractivity contribution in [2.75, 3.05) is 0 Å². The van der Waals surface area contributed by atoms with Crippen LogP contribution in [0.3, 0.4) is 0 Å². The van der Waals surface area contributed by atoms with Crippen LogP contribution in [0.1, 0.15) is 21.6 Å². The summed E-state index contributed by atoms with van der Waals surface area (Å²) in [4.78, 5) is 19.5. The Hall–Kier alpha value is -3.45. The summed E-state index contributed by atoms with van der Waals surface area (Å²) in [5, 5.41) is 0. The van der Waals surface area contributed by atoms with Crippen molar-refractivity contribution >= 4 is 5.91 Å². The summed E-state index contributed by atoms with van der Waals surface area (Å²) in [6, 6.07) is 16.6. The average Bonchev–Trinajstić information content (AvgIpc) is 2.61. The number of aromatic nitrogens is 2. The molecule has 4 nitrogen and oxygen atoms in total. The Labute approximate surface area is 134 Å². The highest BCUT2D eigenvalue weighted by Crippen LogP contribution is 2.17. The molecule has 0 aliphatic rings. The smallest absolute Gasteiger partial charge is 0.267 e. The summed E-state index contributed by atoms with van der Waals surface area (Å²) < 4.78 is 0. The van der Waals surface area contributed by atoms with Gasteiger partial charge in [0.15, 0.2) is 0 Å². The van der Waals surface area contributed by atoms with Crippen LogP contribution in [-0.2, 0) is 0 Å². The molecule has 23 heavy (non-hydrogen) atoms. The molecular weight excluding hydrogens is 286 g/mol. The Balaban J connectivity index is 1.84. The number of benzene rings is 1. The average molecular weight is 299 g/mol. The number of carbonyl (C=O) groups excluding carboxylic acids is 1. The van der Waals surface area contributed by atoms with Crippen LogP contribution < -0.4 is 5.73 Å². The molecule has 2 N–H and O–H groups in total. The van der Waals surface area contributed by atoms with E-state index in [9.17, 15) is 4.79 Å². The van der Waals surface area contributed by atoms with E-state index in [1.807, 2.05) is 42.5 Å². The Morgan fingerprint density at radius 3 is 2.39 bits per heavy atom. The Kier molecular flexibility index (Phi) is 4.12. The number of nitrogens with zero attached hydrogens (tertiary/aromatic N) is 2. The van der Waals surface area contributed by atoms with E-state index in [2.05, 4.69) is 21.8 Å². The third kappa shape index (κ3) is 3.60. The summed E-state index contributed by atoms with van der Waals surface area (Å²) in [7, 11) is 0. The Bertz CT molecular complexity index is 891. The van der Waals surface area contributed by atoms with Gasteiger partial charge in [-0.15, -0.1) is 0 Å². The van der Waals surface area contributed by atoms with E-state index >= 15 is 0 Å². The maximum Gasteiger partial charge on any atom is 0.267 e. The number of pyridine rings is 2. The molecule has 3 aromatic rings. The van der Waals surface area contributed by atoms with Crippen molar-refractivity contribution in [3.8, 4) is 23.1 Å². The largest absolute Gasteiger partial charge is 0.364 e. The van der Waals surface area contributed by atoms with Crippen molar-refractivity contribution in [3.63, 3.8) is 0 Å². The zero-order chi connectivity index (χ0) is 16.1. The topological polar surface area (TPSA) is 68.9 Å². The van der Waals surface area contributed by atoms with Gasteiger partial charge < -0.3 is 5.73 Å². The van der Waals surface area contributed by atoms with Crippen molar-refractivity contribution in [1.29, 1.82) is 0 Å². The number of hydrogen-bond acceptors (Lipinski definition) is 3. The van der Waals surface area contributed by atoms with Gasteiger partial charge >= 0.3 is 0 Å². The fourth-order valence-corrected chi connectivity index (χ4v) is 2.04. The second-order valence-corrected chi connectivity index (χ2v) is 4.84. The minimum Gasteiger partial charge on any atom is -0.364 e. The van der Waals surface area contributed by atoms with E-state index in [1.54, 1.807) is 24.5 Å². The van der Waals surface area contributed by atoms with E-state index in [0.717, 1.165) is 16.7 Å². The fourth-order valence-electron chi connectivity index (χ4n) is 2.04. The first-order chi connectivity index (χ1) is 11.2. The van der Waals surface area contributed by atoms with E-state index in [0.29, 0.717) is 5.69 Å². The molecule has 0 unspecified atom stereocenters. The normalized spacial score (nSPS) is 9.74. The second-order valence-electron chi connectivity index (χ2n) is 4.84. The van der Waals surface area contributed by atoms with Gasteiger partial charge in [-0.1, -0.05) is 30.0 Å². The summed E-state index contributed by atoms with van der Waals surface area (Å²) in [5.41, 5.74) is 8.87. The molecule has 110 valence electrons. The molecule has 0 bridgehead atoms. The van der Waals surface area contributed by atoms with Gasteiger partial charge in [0.05, 0.1) is 5.69 Å². The number of carbonyl (C=O) groups is 1. The Morgan fingerprint density at radius 1 is 0.913 bits per heavy atom. The highest BCUT2D eigenvalue weighted by atomic mass is 16.1. The molecule has 0 saturated heterocycles. The number of hydrogen-bond donors (Lipinski definition) is 1. The van der Waals surface area contributed by atoms with E-state index in [-0.39, 0.29) is 5.69 Å². The standard InChI is InChI=1S/C19H13N3O/c20-19(23)18-5-1-4-17(22-18)16-10-8-14(9-11-16)6-7-15-3-2-12-21-13-15/h1-5,8-13H,(H2,20,23). The molecule has 0 spiro atoms. The lowest BCUT2D eigenvalue weighted by molar-refractivity contribution is 0.0995. The van der Waals surface area contributed by atoms with Crippen molar-refractivity contribution in [1.82, 2.24) is 9.97 Å². The molecule has 1 amide bonds. The zero-order valence-electron chi connectivity index (χ0n) is 12.2. The van der Waals surface area contributed by atoms with Crippen molar-refractivity contribution in [3.05, 3.63) is 83.8 Å². The number of primary amides is 1. The van der Waals surface area contributed by atoms with E-state index < -0.39 is 5.91 Å². The summed E-state index contributed by atoms with van der Waals surface area (Å²) >= 11 is 0. The first-order valence-corrected chi connectivity index (χ1v) is 7.02. The van der Waals surface area contributed by atoms with Crippen LogP contribution in [0, 0.1) is 11.8 Å². The molecule has 0 fully saturated rings. The minimum absolute atomic E-state index is 0.253. The molecule has 0 atom stereocenters. The second kappa shape index (κ2) is 6.54. The van der Waals surface area contributed by atoms with E-state index in [1.165, 1.54) is 0 Å². The van der Waals surface area contributed by atoms with Gasteiger partial charge in [0.2, 0.25) is 0 Å². The van der Waals surface area contributed by atoms with Gasteiger partial charge in [-0.3, -0.25) is 9.78 Å². The number of amides is 1. The SMILES string of the molecule is NC(=O)c1cccc(-c2ccc(C#Cc3cccnc3)cc2)n1. The predicted molar refractivity (Wildman–Crippen MR) is 88.4 cm³/mol. The summed E-state index contributed by atoms with van der Waals surface area (Å²) in [6.07, 6.45) is 3.44. The quantitative estimate of drug-likeness (QED) is 0.740. The molecule has 0 saturated carbocycles. The predicted octanol–water partition coefficient (Wildman–Crippen LogP) is 2.64. The van der Waals surface area contributed by atoms with Crippen molar-refractivity contribution in [2.24, 2.45) is 5.73 Å². The molecule has 1 aromatic carbocycles. The van der Waals surface area contributed by atoms with Gasteiger partial charge in [-0.25, -0.2) is 4.98 Å². The van der Waals surface area contributed by atoms with Crippen LogP contribution in [0.15, 0.2) is 67.0 Å². The maximum absolute atomic E-state index is 11.2. The number of nitrogens with two attached hydrogens (primary N) is 1. The monoisotopic (exact) mass is 299 g/mol. The van der Waals surface area contributed by atoms with Crippen LogP contribution in [0.2, 0.25) is 0 Å². The van der Waals surface area contributed by atoms with Crippen LogP contribution in [0.25, 0.3) is 11.3 Å². The van der Waals surface area contributed by atoms with Gasteiger partial charge in [-0.05, 0) is 36.4 Å². The third-order valence-electron chi connectivity index (χ3n) is 3.19. The van der Waals surface area contributed by atoms with Gasteiger partial charge in [0.1, 0.15) is 5.69 Å². The molecular formula is C19H13N3O. The van der Waals surface area contributed by atoms with Gasteiger partial charge in [0, 0.05) is 29.1 Å². The summed E-state index contributed by atoms with van der Waals surface area (Å²) in [6.45, 7) is 0. The van der Waals surface area contributed by atoms with Crippen LogP contribution in [-0.4, -0.2) is 15.9 Å². The lowest BCUT2D eigenvalue weighted by atomic mass is 10.1. The molecule has 0 aliphatic carbocycles. The maximum atomic E-state index is 11.2. The van der Waals surface area contributed by atoms with Gasteiger partial charge in [-0.2, -0.15) is 0 Å². The van der Waals surface area contributed by atoms with Crippen molar-refractivity contribution < 1.29 is 4.79 Å². The highest BCUT2D eigenvalue weighted by Gasteiger charge is 2.04. The highest BCUT2D eigenvalue weighted by molar-refractivity contribution is 5.91. The van der Waals surface area contributed by atoms with Crippen LogP contribution in [0.4, 0.5) is 0 Å².